The molecular weight excluding hydrogens is 418 g/mol. The number of morpholine rings is 1. The summed E-state index contributed by atoms with van der Waals surface area (Å²) in [4.78, 5) is 32.2. The summed E-state index contributed by atoms with van der Waals surface area (Å²) in [6.07, 6.45) is 0.835. The third-order valence-corrected chi connectivity index (χ3v) is 5.85. The Labute approximate surface area is 197 Å². The van der Waals surface area contributed by atoms with Crippen molar-refractivity contribution in [1.82, 2.24) is 14.7 Å². The Hall–Kier alpha value is -2.64. The summed E-state index contributed by atoms with van der Waals surface area (Å²) in [5, 5.41) is 0. The molecular formula is C26H37N3O4. The lowest BCUT2D eigenvalue weighted by molar-refractivity contribution is -0.143. The van der Waals surface area contributed by atoms with Gasteiger partial charge < -0.3 is 19.0 Å². The van der Waals surface area contributed by atoms with Crippen LogP contribution in [0.25, 0.3) is 0 Å². The van der Waals surface area contributed by atoms with Crippen molar-refractivity contribution >= 4 is 11.8 Å². The van der Waals surface area contributed by atoms with Crippen molar-refractivity contribution in [2.24, 2.45) is 5.92 Å². The van der Waals surface area contributed by atoms with Gasteiger partial charge >= 0.3 is 0 Å². The highest BCUT2D eigenvalue weighted by atomic mass is 16.5. The molecule has 7 nitrogen and oxygen atoms in total. The van der Waals surface area contributed by atoms with E-state index < -0.39 is 0 Å². The van der Waals surface area contributed by atoms with Crippen molar-refractivity contribution in [2.45, 2.75) is 40.3 Å². The molecule has 0 spiro atoms. The molecule has 2 heterocycles. The zero-order valence-corrected chi connectivity index (χ0v) is 20.2. The predicted octanol–water partition coefficient (Wildman–Crippen LogP) is 3.32. The number of benzene rings is 1. The molecule has 2 amide bonds. The van der Waals surface area contributed by atoms with Crippen LogP contribution in [-0.4, -0.2) is 72.5 Å². The summed E-state index contributed by atoms with van der Waals surface area (Å²) in [6.45, 7) is 11.4. The van der Waals surface area contributed by atoms with E-state index in [1.807, 2.05) is 63.2 Å². The molecule has 0 atom stereocenters. The lowest BCUT2D eigenvalue weighted by Crippen LogP contribution is -2.45. The van der Waals surface area contributed by atoms with E-state index in [0.29, 0.717) is 19.6 Å². The van der Waals surface area contributed by atoms with Crippen molar-refractivity contribution in [3.8, 4) is 0 Å². The van der Waals surface area contributed by atoms with E-state index in [9.17, 15) is 9.59 Å². The Morgan fingerprint density at radius 3 is 2.36 bits per heavy atom. The number of hydrogen-bond donors (Lipinski definition) is 0. The zero-order chi connectivity index (χ0) is 23.6. The number of rotatable bonds is 11. The van der Waals surface area contributed by atoms with Crippen LogP contribution in [0.2, 0.25) is 0 Å². The molecule has 180 valence electrons. The Morgan fingerprint density at radius 2 is 1.73 bits per heavy atom. The Bertz CT molecular complexity index is 875. The maximum absolute atomic E-state index is 13.4. The normalized spacial score (nSPS) is 14.4. The fraction of sp³-hybridized carbons (Fsp3) is 0.538. The quantitative estimate of drug-likeness (QED) is 0.520. The molecule has 1 aromatic carbocycles. The van der Waals surface area contributed by atoms with Gasteiger partial charge in [0.25, 0.3) is 0 Å². The van der Waals surface area contributed by atoms with Crippen molar-refractivity contribution in [3.05, 3.63) is 59.5 Å². The summed E-state index contributed by atoms with van der Waals surface area (Å²) >= 11 is 0. The largest absolute Gasteiger partial charge is 0.464 e. The minimum Gasteiger partial charge on any atom is -0.464 e. The first-order valence-electron chi connectivity index (χ1n) is 11.9. The van der Waals surface area contributed by atoms with Crippen molar-refractivity contribution < 1.29 is 18.7 Å². The Kier molecular flexibility index (Phi) is 9.51. The maximum atomic E-state index is 13.4. The van der Waals surface area contributed by atoms with E-state index in [4.69, 9.17) is 9.15 Å². The summed E-state index contributed by atoms with van der Waals surface area (Å²) in [5.41, 5.74) is 1.04. The van der Waals surface area contributed by atoms with Gasteiger partial charge in [-0.3, -0.25) is 14.5 Å². The van der Waals surface area contributed by atoms with Gasteiger partial charge in [0.1, 0.15) is 11.5 Å². The number of carbonyl (C=O) groups is 2. The third-order valence-electron chi connectivity index (χ3n) is 5.85. The SMILES string of the molecule is Cc1ccc(CN(Cc2ccccc2)C(=O)CN(CCCN2CCOCC2)C(=O)C(C)C)o1. The van der Waals surface area contributed by atoms with Crippen molar-refractivity contribution in [1.29, 1.82) is 0 Å². The Balaban J connectivity index is 1.66. The van der Waals surface area contributed by atoms with Gasteiger partial charge in [0, 0.05) is 38.6 Å². The fourth-order valence-electron chi connectivity index (χ4n) is 4.00. The molecule has 0 saturated carbocycles. The molecule has 0 aliphatic carbocycles. The molecule has 2 aromatic rings. The van der Waals surface area contributed by atoms with E-state index in [0.717, 1.165) is 56.4 Å². The van der Waals surface area contributed by atoms with Crippen molar-refractivity contribution in [2.75, 3.05) is 45.9 Å². The summed E-state index contributed by atoms with van der Waals surface area (Å²) in [5.74, 6) is 1.34. The number of hydrogen-bond acceptors (Lipinski definition) is 5. The second kappa shape index (κ2) is 12.6. The molecule has 1 saturated heterocycles. The van der Waals surface area contributed by atoms with Gasteiger partial charge in [0.2, 0.25) is 11.8 Å². The van der Waals surface area contributed by atoms with Gasteiger partial charge in [-0.25, -0.2) is 0 Å². The van der Waals surface area contributed by atoms with E-state index in [1.54, 1.807) is 9.80 Å². The van der Waals surface area contributed by atoms with E-state index in [1.165, 1.54) is 0 Å². The Morgan fingerprint density at radius 1 is 1.00 bits per heavy atom. The zero-order valence-electron chi connectivity index (χ0n) is 20.2. The van der Waals surface area contributed by atoms with Gasteiger partial charge in [0.15, 0.2) is 0 Å². The fourth-order valence-corrected chi connectivity index (χ4v) is 4.00. The number of carbonyl (C=O) groups excluding carboxylic acids is 2. The maximum Gasteiger partial charge on any atom is 0.242 e. The van der Waals surface area contributed by atoms with Crippen molar-refractivity contribution in [3.63, 3.8) is 0 Å². The summed E-state index contributed by atoms with van der Waals surface area (Å²) in [7, 11) is 0. The number of furan rings is 1. The molecule has 1 aromatic heterocycles. The molecule has 0 bridgehead atoms. The van der Waals surface area contributed by atoms with Crippen LogP contribution >= 0.6 is 0 Å². The first-order valence-corrected chi connectivity index (χ1v) is 11.9. The number of ether oxygens (including phenoxy) is 1. The summed E-state index contributed by atoms with van der Waals surface area (Å²) in [6, 6.07) is 13.7. The molecule has 3 rings (SSSR count). The highest BCUT2D eigenvalue weighted by molar-refractivity contribution is 5.85. The van der Waals surface area contributed by atoms with Crippen LogP contribution in [0.1, 0.15) is 37.4 Å². The highest BCUT2D eigenvalue weighted by Crippen LogP contribution is 2.14. The second-order valence-corrected chi connectivity index (χ2v) is 8.97. The van der Waals surface area contributed by atoms with Crippen LogP contribution in [0, 0.1) is 12.8 Å². The molecule has 0 radical (unpaired) electrons. The standard InChI is InChI=1S/C26H37N3O4/c1-21(2)26(31)28(13-7-12-27-14-16-32-17-15-27)20-25(30)29(18-23-8-5-4-6-9-23)19-24-11-10-22(3)33-24/h4-6,8-11,21H,7,12-20H2,1-3H3. The molecule has 7 heteroatoms. The number of nitrogens with zero attached hydrogens (tertiary/aromatic N) is 3. The topological polar surface area (TPSA) is 66.2 Å². The van der Waals surface area contributed by atoms with Gasteiger partial charge in [-0.2, -0.15) is 0 Å². The number of amides is 2. The molecule has 33 heavy (non-hydrogen) atoms. The predicted molar refractivity (Wildman–Crippen MR) is 127 cm³/mol. The highest BCUT2D eigenvalue weighted by Gasteiger charge is 2.24. The molecule has 0 unspecified atom stereocenters. The van der Waals surface area contributed by atoms with E-state index in [-0.39, 0.29) is 24.3 Å². The van der Waals surface area contributed by atoms with Gasteiger partial charge in [-0.15, -0.1) is 0 Å². The monoisotopic (exact) mass is 455 g/mol. The first kappa shape index (κ1) is 25.0. The van der Waals surface area contributed by atoms with Crippen LogP contribution in [0.3, 0.4) is 0 Å². The van der Waals surface area contributed by atoms with E-state index >= 15 is 0 Å². The second-order valence-electron chi connectivity index (χ2n) is 8.97. The van der Waals surface area contributed by atoms with Gasteiger partial charge in [-0.05, 0) is 31.0 Å². The van der Waals surface area contributed by atoms with Crippen LogP contribution < -0.4 is 0 Å². The number of aryl methyl sites for hydroxylation is 1. The first-order chi connectivity index (χ1) is 15.9. The third kappa shape index (κ3) is 8.02. The van der Waals surface area contributed by atoms with E-state index in [2.05, 4.69) is 4.90 Å². The lowest BCUT2D eigenvalue weighted by atomic mass is 10.1. The minimum atomic E-state index is -0.156. The van der Waals surface area contributed by atoms with Crippen LogP contribution in [0.4, 0.5) is 0 Å². The molecule has 1 aliphatic rings. The molecule has 1 aliphatic heterocycles. The van der Waals surface area contributed by atoms with Gasteiger partial charge in [0.05, 0.1) is 26.3 Å². The minimum absolute atomic E-state index is 0.0128. The van der Waals surface area contributed by atoms with Gasteiger partial charge in [-0.1, -0.05) is 44.2 Å². The van der Waals surface area contributed by atoms with Crippen LogP contribution in [0.15, 0.2) is 46.9 Å². The average Bonchev–Trinajstić information content (AvgIpc) is 3.23. The molecule has 1 fully saturated rings. The van der Waals surface area contributed by atoms with Crippen LogP contribution in [-0.2, 0) is 27.4 Å². The average molecular weight is 456 g/mol. The smallest absolute Gasteiger partial charge is 0.242 e. The lowest BCUT2D eigenvalue weighted by Gasteiger charge is -2.30. The molecule has 0 N–H and O–H groups in total. The summed E-state index contributed by atoms with van der Waals surface area (Å²) < 4.78 is 11.1. The van der Waals surface area contributed by atoms with Crippen LogP contribution in [0.5, 0.6) is 0 Å².